The van der Waals surface area contributed by atoms with Crippen LogP contribution in [-0.4, -0.2) is 43.6 Å². The molecule has 180 valence electrons. The third kappa shape index (κ3) is 3.68. The van der Waals surface area contributed by atoms with Crippen molar-refractivity contribution in [2.24, 2.45) is 11.8 Å². The SMILES string of the molecule is Cc1cccc2c1nc(-c1ccc(-c3ccc4cn[nH]c4c3)cc1)n2C[C@@H]1CCN(C(=O)C2CC2)C1. The van der Waals surface area contributed by atoms with Gasteiger partial charge < -0.3 is 9.47 Å². The van der Waals surface area contributed by atoms with Crippen molar-refractivity contribution in [2.75, 3.05) is 13.1 Å². The van der Waals surface area contributed by atoms with Gasteiger partial charge in [-0.05, 0) is 60.9 Å². The van der Waals surface area contributed by atoms with Gasteiger partial charge in [0.2, 0.25) is 5.91 Å². The second-order valence-corrected chi connectivity index (χ2v) is 10.5. The summed E-state index contributed by atoms with van der Waals surface area (Å²) in [6, 6.07) is 21.5. The van der Waals surface area contributed by atoms with Crippen molar-refractivity contribution in [1.29, 1.82) is 0 Å². The third-order valence-electron chi connectivity index (χ3n) is 7.86. The quantitative estimate of drug-likeness (QED) is 0.349. The summed E-state index contributed by atoms with van der Waals surface area (Å²) in [5.41, 5.74) is 7.90. The summed E-state index contributed by atoms with van der Waals surface area (Å²) in [7, 11) is 0. The van der Waals surface area contributed by atoms with Gasteiger partial charge in [-0.1, -0.05) is 48.5 Å². The summed E-state index contributed by atoms with van der Waals surface area (Å²) in [6.07, 6.45) is 5.04. The summed E-state index contributed by atoms with van der Waals surface area (Å²) < 4.78 is 2.38. The van der Waals surface area contributed by atoms with Crippen molar-refractivity contribution in [2.45, 2.75) is 32.7 Å². The molecule has 0 bridgehead atoms. The number of para-hydroxylation sites is 1. The molecule has 0 spiro atoms. The first-order chi connectivity index (χ1) is 17.6. The van der Waals surface area contributed by atoms with Crippen molar-refractivity contribution >= 4 is 27.8 Å². The number of aromatic amines is 1. The number of aryl methyl sites for hydroxylation is 1. The van der Waals surface area contributed by atoms with Crippen LogP contribution in [0.5, 0.6) is 0 Å². The minimum Gasteiger partial charge on any atom is -0.342 e. The van der Waals surface area contributed by atoms with E-state index in [1.165, 1.54) is 16.6 Å². The van der Waals surface area contributed by atoms with Gasteiger partial charge in [0, 0.05) is 36.5 Å². The minimum absolute atomic E-state index is 0.295. The second kappa shape index (κ2) is 8.33. The lowest BCUT2D eigenvalue weighted by Crippen LogP contribution is -2.30. The summed E-state index contributed by atoms with van der Waals surface area (Å²) >= 11 is 0. The average molecular weight is 476 g/mol. The van der Waals surface area contributed by atoms with Gasteiger partial charge in [0.25, 0.3) is 0 Å². The molecule has 3 aromatic carbocycles. The zero-order valence-corrected chi connectivity index (χ0v) is 20.4. The molecule has 7 rings (SSSR count). The molecule has 2 fully saturated rings. The summed E-state index contributed by atoms with van der Waals surface area (Å²) in [4.78, 5) is 19.8. The van der Waals surface area contributed by atoms with Gasteiger partial charge in [0.05, 0.1) is 22.7 Å². The number of aromatic nitrogens is 4. The molecule has 1 N–H and O–H groups in total. The lowest BCUT2D eigenvalue weighted by atomic mass is 10.0. The minimum atomic E-state index is 0.295. The lowest BCUT2D eigenvalue weighted by molar-refractivity contribution is -0.131. The van der Waals surface area contributed by atoms with Gasteiger partial charge in [-0.3, -0.25) is 9.89 Å². The van der Waals surface area contributed by atoms with E-state index in [2.05, 4.69) is 87.3 Å². The fraction of sp³-hybridized carbons (Fsp3) is 0.300. The number of hydrogen-bond acceptors (Lipinski definition) is 3. The highest BCUT2D eigenvalue weighted by Crippen LogP contribution is 2.35. The number of likely N-dealkylation sites (tertiary alicyclic amines) is 1. The number of benzene rings is 3. The Bertz CT molecular complexity index is 1590. The van der Waals surface area contributed by atoms with Gasteiger partial charge in [0.1, 0.15) is 5.82 Å². The number of H-pyrrole nitrogens is 1. The Morgan fingerprint density at radius 1 is 1.00 bits per heavy atom. The van der Waals surface area contributed by atoms with E-state index in [1.807, 2.05) is 6.20 Å². The monoisotopic (exact) mass is 475 g/mol. The highest BCUT2D eigenvalue weighted by molar-refractivity contribution is 5.86. The fourth-order valence-electron chi connectivity index (χ4n) is 5.65. The molecule has 1 saturated carbocycles. The Morgan fingerprint density at radius 2 is 1.81 bits per heavy atom. The van der Waals surface area contributed by atoms with Crippen molar-refractivity contribution in [3.63, 3.8) is 0 Å². The van der Waals surface area contributed by atoms with Gasteiger partial charge in [-0.25, -0.2) is 4.98 Å². The Hall–Kier alpha value is -3.93. The van der Waals surface area contributed by atoms with Crippen LogP contribution < -0.4 is 0 Å². The Morgan fingerprint density at radius 3 is 2.64 bits per heavy atom. The summed E-state index contributed by atoms with van der Waals surface area (Å²) in [6.45, 7) is 4.75. The van der Waals surface area contributed by atoms with E-state index in [1.54, 1.807) is 0 Å². The van der Waals surface area contributed by atoms with Crippen LogP contribution >= 0.6 is 0 Å². The standard InChI is InChI=1S/C30H29N5O/c1-19-3-2-4-27-28(19)32-29(35(27)18-20-13-14-34(17-20)30(36)23-9-10-23)22-7-5-21(6-8-22)24-11-12-25-16-31-33-26(25)15-24/h2-8,11-12,15-16,20,23H,9-10,13-14,17-18H2,1H3,(H,31,33)/t20-/m1/s1. The van der Waals surface area contributed by atoms with E-state index >= 15 is 0 Å². The maximum absolute atomic E-state index is 12.6. The number of carbonyl (C=O) groups is 1. The largest absolute Gasteiger partial charge is 0.342 e. The van der Waals surface area contributed by atoms with E-state index in [0.29, 0.717) is 17.7 Å². The van der Waals surface area contributed by atoms with Crippen LogP contribution in [0.2, 0.25) is 0 Å². The van der Waals surface area contributed by atoms with E-state index in [9.17, 15) is 4.79 Å². The zero-order valence-electron chi connectivity index (χ0n) is 20.4. The zero-order chi connectivity index (χ0) is 24.2. The molecule has 5 aromatic rings. The molecule has 0 radical (unpaired) electrons. The van der Waals surface area contributed by atoms with E-state index in [0.717, 1.165) is 72.3 Å². The molecule has 6 nitrogen and oxygen atoms in total. The average Bonchev–Trinajstić information content (AvgIpc) is 3.30. The van der Waals surface area contributed by atoms with Crippen molar-refractivity contribution in [3.05, 3.63) is 72.4 Å². The fourth-order valence-corrected chi connectivity index (χ4v) is 5.65. The highest BCUT2D eigenvalue weighted by atomic mass is 16.2. The van der Waals surface area contributed by atoms with Crippen LogP contribution in [0.4, 0.5) is 0 Å². The molecule has 1 atom stereocenters. The van der Waals surface area contributed by atoms with Crippen LogP contribution in [0.25, 0.3) is 44.5 Å². The molecule has 1 aliphatic carbocycles. The van der Waals surface area contributed by atoms with Crippen molar-refractivity contribution in [1.82, 2.24) is 24.6 Å². The number of nitrogens with one attached hydrogen (secondary N) is 1. The van der Waals surface area contributed by atoms with Gasteiger partial charge in [0.15, 0.2) is 0 Å². The summed E-state index contributed by atoms with van der Waals surface area (Å²) in [5.74, 6) is 2.11. The molecular weight excluding hydrogens is 446 g/mol. The molecule has 1 amide bonds. The molecule has 36 heavy (non-hydrogen) atoms. The number of imidazole rings is 1. The molecule has 2 aromatic heterocycles. The predicted octanol–water partition coefficient (Wildman–Crippen LogP) is 5.81. The maximum Gasteiger partial charge on any atom is 0.225 e. The topological polar surface area (TPSA) is 66.8 Å². The van der Waals surface area contributed by atoms with Crippen molar-refractivity contribution < 1.29 is 4.79 Å². The van der Waals surface area contributed by atoms with E-state index < -0.39 is 0 Å². The molecule has 0 unspecified atom stereocenters. The molecule has 2 aliphatic rings. The Labute approximate surface area is 210 Å². The van der Waals surface area contributed by atoms with Gasteiger partial charge in [-0.15, -0.1) is 0 Å². The number of fused-ring (bicyclic) bond motifs is 2. The highest BCUT2D eigenvalue weighted by Gasteiger charge is 2.36. The Kier molecular flexibility index (Phi) is 4.94. The first-order valence-corrected chi connectivity index (χ1v) is 12.9. The van der Waals surface area contributed by atoms with Crippen LogP contribution in [0.15, 0.2) is 66.9 Å². The molecule has 1 saturated heterocycles. The molecule has 6 heteroatoms. The first-order valence-electron chi connectivity index (χ1n) is 12.9. The second-order valence-electron chi connectivity index (χ2n) is 10.5. The van der Waals surface area contributed by atoms with E-state index in [-0.39, 0.29) is 0 Å². The number of rotatable bonds is 5. The predicted molar refractivity (Wildman–Crippen MR) is 142 cm³/mol. The van der Waals surface area contributed by atoms with Gasteiger partial charge >= 0.3 is 0 Å². The van der Waals surface area contributed by atoms with Crippen LogP contribution in [-0.2, 0) is 11.3 Å². The first kappa shape index (κ1) is 21.4. The smallest absolute Gasteiger partial charge is 0.225 e. The van der Waals surface area contributed by atoms with Gasteiger partial charge in [-0.2, -0.15) is 5.10 Å². The maximum atomic E-state index is 12.6. The van der Waals surface area contributed by atoms with Crippen LogP contribution in [0, 0.1) is 18.8 Å². The van der Waals surface area contributed by atoms with Crippen LogP contribution in [0.1, 0.15) is 24.8 Å². The lowest BCUT2D eigenvalue weighted by Gasteiger charge is -2.18. The van der Waals surface area contributed by atoms with Crippen molar-refractivity contribution in [3.8, 4) is 22.5 Å². The normalized spacial score (nSPS) is 17.9. The number of carbonyl (C=O) groups excluding carboxylic acids is 1. The number of hydrogen-bond donors (Lipinski definition) is 1. The third-order valence-corrected chi connectivity index (χ3v) is 7.86. The molecular formula is C30H29N5O. The molecule has 1 aliphatic heterocycles. The van der Waals surface area contributed by atoms with E-state index in [4.69, 9.17) is 4.98 Å². The van der Waals surface area contributed by atoms with Crippen LogP contribution in [0.3, 0.4) is 0 Å². The number of amides is 1. The summed E-state index contributed by atoms with van der Waals surface area (Å²) in [5, 5.41) is 8.31. The molecule has 3 heterocycles. The number of nitrogens with zero attached hydrogens (tertiary/aromatic N) is 4. The Balaban J connectivity index is 1.22.